The van der Waals surface area contributed by atoms with Crippen LogP contribution in [-0.2, 0) is 26.5 Å². The number of aliphatic carboxylic acids is 1. The number of aromatic nitrogens is 1. The summed E-state index contributed by atoms with van der Waals surface area (Å²) in [4.78, 5) is 29.5. The van der Waals surface area contributed by atoms with Crippen LogP contribution < -0.4 is 0 Å². The minimum Gasteiger partial charge on any atom is -0.480 e. The minimum absolute atomic E-state index is 0.180. The van der Waals surface area contributed by atoms with Crippen molar-refractivity contribution in [2.24, 2.45) is 0 Å². The Morgan fingerprint density at radius 2 is 2.00 bits per heavy atom. The second kappa shape index (κ2) is 9.16. The van der Waals surface area contributed by atoms with E-state index in [1.54, 1.807) is 17.2 Å². The fourth-order valence-electron chi connectivity index (χ4n) is 3.27. The molecule has 0 radical (unpaired) electrons. The van der Waals surface area contributed by atoms with Crippen LogP contribution in [0.4, 0.5) is 4.79 Å². The van der Waals surface area contributed by atoms with E-state index in [0.717, 1.165) is 11.1 Å². The maximum atomic E-state index is 12.6. The number of hydrogen-bond donors (Lipinski definition) is 1. The molecule has 1 atom stereocenters. The number of ether oxygens (including phenoxy) is 2. The molecule has 7 nitrogen and oxygen atoms in total. The summed E-state index contributed by atoms with van der Waals surface area (Å²) in [5.74, 6) is -1.06. The molecule has 1 aromatic heterocycles. The second-order valence-electron chi connectivity index (χ2n) is 6.61. The van der Waals surface area contributed by atoms with Crippen molar-refractivity contribution in [1.29, 1.82) is 0 Å². The van der Waals surface area contributed by atoms with E-state index < -0.39 is 24.3 Å². The molecule has 1 unspecified atom stereocenters. The van der Waals surface area contributed by atoms with E-state index in [1.165, 1.54) is 0 Å². The molecule has 148 valence electrons. The van der Waals surface area contributed by atoms with Gasteiger partial charge in [-0.15, -0.1) is 0 Å². The van der Waals surface area contributed by atoms with Crippen molar-refractivity contribution in [3.63, 3.8) is 0 Å². The number of carboxylic acids is 1. The van der Waals surface area contributed by atoms with Crippen molar-refractivity contribution in [3.8, 4) is 0 Å². The van der Waals surface area contributed by atoms with Gasteiger partial charge < -0.3 is 19.5 Å². The minimum atomic E-state index is -1.06. The standard InChI is InChI=1S/C20H21BrN2O5/c21-17-8-7-16(11-22-17)20(28-13-18(24)25)9-4-10-23(14-20)19(26)27-12-15-5-2-1-3-6-15/h1-3,5-8,11H,4,9-10,12-14H2,(H,24,25). The summed E-state index contributed by atoms with van der Waals surface area (Å²) in [6, 6.07) is 13.0. The van der Waals surface area contributed by atoms with Crippen LogP contribution in [0.15, 0.2) is 53.3 Å². The highest BCUT2D eigenvalue weighted by molar-refractivity contribution is 9.10. The fourth-order valence-corrected chi connectivity index (χ4v) is 3.50. The Labute approximate surface area is 171 Å². The summed E-state index contributed by atoms with van der Waals surface area (Å²) in [7, 11) is 0. The number of pyridine rings is 1. The Kier molecular flexibility index (Phi) is 6.64. The topological polar surface area (TPSA) is 89.0 Å². The van der Waals surface area contributed by atoms with E-state index in [-0.39, 0.29) is 13.2 Å². The number of carboxylic acid groups (broad SMARTS) is 1. The Morgan fingerprint density at radius 1 is 1.21 bits per heavy atom. The molecule has 0 aliphatic carbocycles. The summed E-state index contributed by atoms with van der Waals surface area (Å²) in [6.45, 7) is 0.453. The van der Waals surface area contributed by atoms with E-state index in [2.05, 4.69) is 20.9 Å². The lowest BCUT2D eigenvalue weighted by Gasteiger charge is -2.42. The highest BCUT2D eigenvalue weighted by Gasteiger charge is 2.41. The highest BCUT2D eigenvalue weighted by atomic mass is 79.9. The zero-order chi connectivity index (χ0) is 20.0. The molecule has 0 bridgehead atoms. The predicted octanol–water partition coefficient (Wildman–Crippen LogP) is 3.57. The van der Waals surface area contributed by atoms with Crippen molar-refractivity contribution < 1.29 is 24.2 Å². The number of hydrogen-bond acceptors (Lipinski definition) is 5. The number of carbonyl (C=O) groups excluding carboxylic acids is 1. The van der Waals surface area contributed by atoms with Gasteiger partial charge in [0.15, 0.2) is 0 Å². The largest absolute Gasteiger partial charge is 0.480 e. The van der Waals surface area contributed by atoms with Gasteiger partial charge in [-0.25, -0.2) is 14.6 Å². The molecule has 0 saturated carbocycles. The molecule has 1 fully saturated rings. The first-order chi connectivity index (χ1) is 13.5. The molecule has 1 aliphatic heterocycles. The van der Waals surface area contributed by atoms with Crippen molar-refractivity contribution in [3.05, 3.63) is 64.4 Å². The highest BCUT2D eigenvalue weighted by Crippen LogP contribution is 2.36. The second-order valence-corrected chi connectivity index (χ2v) is 7.42. The summed E-state index contributed by atoms with van der Waals surface area (Å²) in [5, 5.41) is 9.08. The Morgan fingerprint density at radius 3 is 2.68 bits per heavy atom. The average molecular weight is 449 g/mol. The van der Waals surface area contributed by atoms with Gasteiger partial charge in [0.2, 0.25) is 0 Å². The van der Waals surface area contributed by atoms with E-state index in [0.29, 0.717) is 24.0 Å². The van der Waals surface area contributed by atoms with Gasteiger partial charge in [0.25, 0.3) is 0 Å². The molecule has 1 aromatic carbocycles. The SMILES string of the molecule is O=C(O)COC1(c2ccc(Br)nc2)CCCN(C(=O)OCc2ccccc2)C1. The van der Waals surface area contributed by atoms with Crippen molar-refractivity contribution in [2.75, 3.05) is 19.7 Å². The molecule has 1 saturated heterocycles. The first kappa shape index (κ1) is 20.3. The van der Waals surface area contributed by atoms with Crippen LogP contribution in [0, 0.1) is 0 Å². The Balaban J connectivity index is 1.74. The summed E-state index contributed by atoms with van der Waals surface area (Å²) < 4.78 is 11.9. The van der Waals surface area contributed by atoms with Crippen molar-refractivity contribution in [1.82, 2.24) is 9.88 Å². The monoisotopic (exact) mass is 448 g/mol. The summed E-state index contributed by atoms with van der Waals surface area (Å²) in [5.41, 5.74) is 0.701. The number of carbonyl (C=O) groups is 2. The fraction of sp³-hybridized carbons (Fsp3) is 0.350. The molecule has 2 aromatic rings. The first-order valence-corrected chi connectivity index (χ1v) is 9.71. The number of nitrogens with zero attached hydrogens (tertiary/aromatic N) is 2. The number of amides is 1. The third-order valence-corrected chi connectivity index (χ3v) is 5.11. The van der Waals surface area contributed by atoms with Crippen LogP contribution in [0.1, 0.15) is 24.0 Å². The van der Waals surface area contributed by atoms with Crippen LogP contribution >= 0.6 is 15.9 Å². The number of rotatable bonds is 6. The third kappa shape index (κ3) is 5.08. The lowest BCUT2D eigenvalue weighted by Crippen LogP contribution is -2.50. The Bertz CT molecular complexity index is 815. The number of halogens is 1. The normalized spacial score (nSPS) is 19.2. The van der Waals surface area contributed by atoms with Gasteiger partial charge in [-0.2, -0.15) is 0 Å². The smallest absolute Gasteiger partial charge is 0.410 e. The molecule has 28 heavy (non-hydrogen) atoms. The van der Waals surface area contributed by atoms with E-state index in [9.17, 15) is 9.59 Å². The zero-order valence-electron chi connectivity index (χ0n) is 15.2. The maximum Gasteiger partial charge on any atom is 0.410 e. The van der Waals surface area contributed by atoms with Gasteiger partial charge in [0, 0.05) is 18.3 Å². The van der Waals surface area contributed by atoms with Gasteiger partial charge in [-0.05, 0) is 40.4 Å². The first-order valence-electron chi connectivity index (χ1n) is 8.92. The van der Waals surface area contributed by atoms with Crippen LogP contribution in [0.3, 0.4) is 0 Å². The summed E-state index contributed by atoms with van der Waals surface area (Å²) in [6.07, 6.45) is 2.45. The molecular weight excluding hydrogens is 428 g/mol. The van der Waals surface area contributed by atoms with Gasteiger partial charge in [-0.3, -0.25) is 0 Å². The lowest BCUT2D eigenvalue weighted by molar-refractivity contribution is -0.155. The summed E-state index contributed by atoms with van der Waals surface area (Å²) >= 11 is 3.30. The predicted molar refractivity (Wildman–Crippen MR) is 105 cm³/mol. The number of benzene rings is 1. The third-order valence-electron chi connectivity index (χ3n) is 4.64. The average Bonchev–Trinajstić information content (AvgIpc) is 2.72. The molecule has 2 heterocycles. The number of likely N-dealkylation sites (tertiary alicyclic amines) is 1. The maximum absolute atomic E-state index is 12.6. The zero-order valence-corrected chi connectivity index (χ0v) is 16.8. The molecule has 8 heteroatoms. The quantitative estimate of drug-likeness (QED) is 0.679. The molecule has 1 amide bonds. The molecule has 1 N–H and O–H groups in total. The van der Waals surface area contributed by atoms with Crippen LogP contribution in [0.2, 0.25) is 0 Å². The van der Waals surface area contributed by atoms with E-state index >= 15 is 0 Å². The number of piperidine rings is 1. The molecule has 3 rings (SSSR count). The van der Waals surface area contributed by atoms with Crippen molar-refractivity contribution >= 4 is 28.0 Å². The van der Waals surface area contributed by atoms with Crippen LogP contribution in [0.25, 0.3) is 0 Å². The van der Waals surface area contributed by atoms with Gasteiger partial charge in [-0.1, -0.05) is 36.4 Å². The Hall–Kier alpha value is -2.45. The van der Waals surface area contributed by atoms with E-state index in [1.807, 2.05) is 36.4 Å². The van der Waals surface area contributed by atoms with Gasteiger partial charge in [0.1, 0.15) is 23.4 Å². The lowest BCUT2D eigenvalue weighted by atomic mass is 9.86. The van der Waals surface area contributed by atoms with E-state index in [4.69, 9.17) is 14.6 Å². The molecule has 0 spiro atoms. The van der Waals surface area contributed by atoms with Gasteiger partial charge in [0.05, 0.1) is 6.54 Å². The molecule has 1 aliphatic rings. The molecular formula is C20H21BrN2O5. The van der Waals surface area contributed by atoms with Gasteiger partial charge >= 0.3 is 12.1 Å². The van der Waals surface area contributed by atoms with Crippen LogP contribution in [-0.4, -0.2) is 46.7 Å². The van der Waals surface area contributed by atoms with Crippen LogP contribution in [0.5, 0.6) is 0 Å². The van der Waals surface area contributed by atoms with Crippen molar-refractivity contribution in [2.45, 2.75) is 25.0 Å².